The number of hydrogen-bond donors (Lipinski definition) is 0. The zero-order valence-electron chi connectivity index (χ0n) is 15.1. The lowest BCUT2D eigenvalue weighted by Crippen LogP contribution is -2.36. The van der Waals surface area contributed by atoms with Gasteiger partial charge in [0.1, 0.15) is 5.82 Å². The number of methoxy groups -OCH3 is 2. The third-order valence-electron chi connectivity index (χ3n) is 4.46. The van der Waals surface area contributed by atoms with Gasteiger partial charge in [-0.25, -0.2) is 4.98 Å². The van der Waals surface area contributed by atoms with Crippen LogP contribution in [-0.2, 0) is 13.0 Å². The van der Waals surface area contributed by atoms with Crippen LogP contribution in [0.25, 0.3) is 0 Å². The molecule has 6 nitrogen and oxygen atoms in total. The average molecular weight is 341 g/mol. The van der Waals surface area contributed by atoms with Gasteiger partial charge in [-0.1, -0.05) is 0 Å². The molecule has 2 heterocycles. The summed E-state index contributed by atoms with van der Waals surface area (Å²) in [6.07, 6.45) is 2.47. The van der Waals surface area contributed by atoms with E-state index in [0.29, 0.717) is 24.4 Å². The Bertz CT molecular complexity index is 789. The van der Waals surface area contributed by atoms with E-state index in [9.17, 15) is 4.79 Å². The summed E-state index contributed by atoms with van der Waals surface area (Å²) in [4.78, 5) is 20.9. The first kappa shape index (κ1) is 17.1. The van der Waals surface area contributed by atoms with Gasteiger partial charge < -0.3 is 19.3 Å². The monoisotopic (exact) mass is 341 g/mol. The van der Waals surface area contributed by atoms with Crippen molar-refractivity contribution in [1.82, 2.24) is 9.88 Å². The van der Waals surface area contributed by atoms with Crippen LogP contribution < -0.4 is 14.4 Å². The standard InChI is InChI=1S/C19H23N3O3/c1-21(2)18-11-14(5-7-20-18)19(23)22-8-6-13-9-16(24-3)17(25-4)10-15(13)12-22/h5,7,9-11H,6,8,12H2,1-4H3. The van der Waals surface area contributed by atoms with Crippen LogP contribution in [0.5, 0.6) is 11.5 Å². The number of hydrogen-bond acceptors (Lipinski definition) is 5. The Morgan fingerprint density at radius 3 is 2.44 bits per heavy atom. The first-order valence-corrected chi connectivity index (χ1v) is 8.20. The Morgan fingerprint density at radius 2 is 1.80 bits per heavy atom. The highest BCUT2D eigenvalue weighted by molar-refractivity contribution is 5.95. The molecule has 0 unspecified atom stereocenters. The van der Waals surface area contributed by atoms with Crippen LogP contribution in [0.15, 0.2) is 30.5 Å². The number of benzene rings is 1. The van der Waals surface area contributed by atoms with Crippen LogP contribution in [0.4, 0.5) is 5.82 Å². The van der Waals surface area contributed by atoms with E-state index in [1.54, 1.807) is 26.5 Å². The molecule has 2 aromatic rings. The number of pyridine rings is 1. The molecule has 0 saturated heterocycles. The number of amides is 1. The second kappa shape index (κ2) is 7.01. The summed E-state index contributed by atoms with van der Waals surface area (Å²) in [7, 11) is 7.07. The lowest BCUT2D eigenvalue weighted by atomic mass is 9.98. The molecule has 1 aliphatic heterocycles. The molecule has 0 aliphatic carbocycles. The highest BCUT2D eigenvalue weighted by Crippen LogP contribution is 2.33. The molecule has 132 valence electrons. The Hall–Kier alpha value is -2.76. The summed E-state index contributed by atoms with van der Waals surface area (Å²) in [5.41, 5.74) is 2.95. The lowest BCUT2D eigenvalue weighted by Gasteiger charge is -2.30. The van der Waals surface area contributed by atoms with E-state index in [1.807, 2.05) is 42.1 Å². The molecule has 0 N–H and O–H groups in total. The predicted molar refractivity (Wildman–Crippen MR) is 96.6 cm³/mol. The zero-order valence-corrected chi connectivity index (χ0v) is 15.1. The summed E-state index contributed by atoms with van der Waals surface area (Å²) in [5, 5.41) is 0. The van der Waals surface area contributed by atoms with Crippen molar-refractivity contribution in [3.05, 3.63) is 47.2 Å². The third-order valence-corrected chi connectivity index (χ3v) is 4.46. The molecule has 0 radical (unpaired) electrons. The van der Waals surface area contributed by atoms with Crippen LogP contribution in [-0.4, -0.2) is 50.7 Å². The molecule has 0 bridgehead atoms. The Labute approximate surface area is 148 Å². The maximum atomic E-state index is 12.9. The highest BCUT2D eigenvalue weighted by atomic mass is 16.5. The topological polar surface area (TPSA) is 54.9 Å². The minimum absolute atomic E-state index is 0.0194. The van der Waals surface area contributed by atoms with E-state index < -0.39 is 0 Å². The van der Waals surface area contributed by atoms with Crippen LogP contribution >= 0.6 is 0 Å². The summed E-state index contributed by atoms with van der Waals surface area (Å²) in [5.74, 6) is 2.21. The molecular weight excluding hydrogens is 318 g/mol. The number of rotatable bonds is 4. The van der Waals surface area contributed by atoms with Gasteiger partial charge in [-0.15, -0.1) is 0 Å². The van der Waals surface area contributed by atoms with Gasteiger partial charge in [0.15, 0.2) is 11.5 Å². The number of carbonyl (C=O) groups excluding carboxylic acids is 1. The molecule has 1 amide bonds. The van der Waals surface area contributed by atoms with Crippen LogP contribution in [0.1, 0.15) is 21.5 Å². The number of fused-ring (bicyclic) bond motifs is 1. The molecule has 0 spiro atoms. The maximum absolute atomic E-state index is 12.9. The highest BCUT2D eigenvalue weighted by Gasteiger charge is 2.24. The molecule has 0 fully saturated rings. The van der Waals surface area contributed by atoms with Crippen LogP contribution in [0, 0.1) is 0 Å². The van der Waals surface area contributed by atoms with Gasteiger partial charge in [0.25, 0.3) is 5.91 Å². The number of ether oxygens (including phenoxy) is 2. The predicted octanol–water partition coefficient (Wildman–Crippen LogP) is 2.36. The molecule has 1 aromatic heterocycles. The van der Waals surface area contributed by atoms with Gasteiger partial charge in [-0.05, 0) is 41.8 Å². The fourth-order valence-corrected chi connectivity index (χ4v) is 3.04. The van der Waals surface area contributed by atoms with Crippen molar-refractivity contribution in [2.45, 2.75) is 13.0 Å². The van der Waals surface area contributed by atoms with Crippen molar-refractivity contribution in [3.63, 3.8) is 0 Å². The van der Waals surface area contributed by atoms with Gasteiger partial charge in [-0.3, -0.25) is 4.79 Å². The minimum atomic E-state index is 0.0194. The molecule has 3 rings (SSSR count). The Kier molecular flexibility index (Phi) is 4.79. The second-order valence-corrected chi connectivity index (χ2v) is 6.25. The van der Waals surface area contributed by atoms with Gasteiger partial charge >= 0.3 is 0 Å². The summed E-state index contributed by atoms with van der Waals surface area (Å²) < 4.78 is 10.7. The Balaban J connectivity index is 1.85. The Morgan fingerprint density at radius 1 is 1.12 bits per heavy atom. The number of nitrogens with zero attached hydrogens (tertiary/aromatic N) is 3. The minimum Gasteiger partial charge on any atom is -0.493 e. The van der Waals surface area contributed by atoms with Crippen molar-refractivity contribution >= 4 is 11.7 Å². The van der Waals surface area contributed by atoms with E-state index in [0.717, 1.165) is 23.6 Å². The summed E-state index contributed by atoms with van der Waals surface area (Å²) in [6.45, 7) is 1.25. The van der Waals surface area contributed by atoms with Crippen molar-refractivity contribution in [3.8, 4) is 11.5 Å². The van der Waals surface area contributed by atoms with Gasteiger partial charge in [-0.2, -0.15) is 0 Å². The molecule has 25 heavy (non-hydrogen) atoms. The first-order chi connectivity index (χ1) is 12.0. The average Bonchev–Trinajstić information content (AvgIpc) is 2.65. The van der Waals surface area contributed by atoms with Gasteiger partial charge in [0, 0.05) is 38.9 Å². The van der Waals surface area contributed by atoms with Crippen LogP contribution in [0.3, 0.4) is 0 Å². The van der Waals surface area contributed by atoms with E-state index in [-0.39, 0.29) is 5.91 Å². The quantitative estimate of drug-likeness (QED) is 0.854. The fourth-order valence-electron chi connectivity index (χ4n) is 3.04. The maximum Gasteiger partial charge on any atom is 0.254 e. The van der Waals surface area contributed by atoms with E-state index in [2.05, 4.69) is 4.98 Å². The van der Waals surface area contributed by atoms with Crippen molar-refractivity contribution in [2.24, 2.45) is 0 Å². The number of aromatic nitrogens is 1. The normalized spacial score (nSPS) is 13.2. The van der Waals surface area contributed by atoms with E-state index in [1.165, 1.54) is 5.56 Å². The van der Waals surface area contributed by atoms with Gasteiger partial charge in [0.05, 0.1) is 14.2 Å². The SMILES string of the molecule is COc1cc2c(cc1OC)CN(C(=O)c1ccnc(N(C)C)c1)CC2. The molecule has 1 aliphatic rings. The van der Waals surface area contributed by atoms with Crippen molar-refractivity contribution < 1.29 is 14.3 Å². The zero-order chi connectivity index (χ0) is 18.0. The molecule has 6 heteroatoms. The number of carbonyl (C=O) groups is 1. The van der Waals surface area contributed by atoms with Gasteiger partial charge in [0.2, 0.25) is 0 Å². The third kappa shape index (κ3) is 3.38. The van der Waals surface area contributed by atoms with Crippen LogP contribution in [0.2, 0.25) is 0 Å². The fraction of sp³-hybridized carbons (Fsp3) is 0.368. The van der Waals surface area contributed by atoms with Crippen molar-refractivity contribution in [2.75, 3.05) is 39.8 Å². The molecule has 0 atom stereocenters. The smallest absolute Gasteiger partial charge is 0.254 e. The summed E-state index contributed by atoms with van der Waals surface area (Å²) in [6, 6.07) is 7.56. The second-order valence-electron chi connectivity index (χ2n) is 6.25. The molecule has 1 aromatic carbocycles. The first-order valence-electron chi connectivity index (χ1n) is 8.20. The largest absolute Gasteiger partial charge is 0.493 e. The van der Waals surface area contributed by atoms with E-state index >= 15 is 0 Å². The molecule has 0 saturated carbocycles. The molecular formula is C19H23N3O3. The lowest BCUT2D eigenvalue weighted by molar-refractivity contribution is 0.0734. The summed E-state index contributed by atoms with van der Waals surface area (Å²) >= 11 is 0. The van der Waals surface area contributed by atoms with E-state index in [4.69, 9.17) is 9.47 Å². The van der Waals surface area contributed by atoms with Crippen molar-refractivity contribution in [1.29, 1.82) is 0 Å². The number of anilines is 1.